The van der Waals surface area contributed by atoms with Crippen molar-refractivity contribution in [1.29, 1.82) is 0 Å². The molecule has 0 fully saturated rings. The first-order valence-corrected chi connectivity index (χ1v) is 6.17. The van der Waals surface area contributed by atoms with E-state index >= 15 is 0 Å². The number of esters is 1. The molecule has 0 aromatic rings. The Balaban J connectivity index is 3.94. The summed E-state index contributed by atoms with van der Waals surface area (Å²) >= 11 is 0. The van der Waals surface area contributed by atoms with Crippen molar-refractivity contribution in [3.63, 3.8) is 0 Å². The number of allylic oxidation sites excluding steroid dienone is 4. The van der Waals surface area contributed by atoms with Crippen LogP contribution in [0.2, 0.25) is 0 Å². The zero-order valence-corrected chi connectivity index (χ0v) is 11.4. The highest BCUT2D eigenvalue weighted by molar-refractivity contribution is 5.90. The summed E-state index contributed by atoms with van der Waals surface area (Å²) in [6.07, 6.45) is 7.14. The van der Waals surface area contributed by atoms with E-state index in [4.69, 9.17) is 4.74 Å². The van der Waals surface area contributed by atoms with Gasteiger partial charge in [-0.1, -0.05) is 31.2 Å². The predicted octanol–water partition coefficient (Wildman–Crippen LogP) is 3.22. The maximum absolute atomic E-state index is 11.5. The second-order valence-corrected chi connectivity index (χ2v) is 4.22. The quantitative estimate of drug-likeness (QED) is 0.287. The van der Waals surface area contributed by atoms with Crippen molar-refractivity contribution in [1.82, 2.24) is 0 Å². The van der Waals surface area contributed by atoms with Crippen LogP contribution in [0.5, 0.6) is 0 Å². The van der Waals surface area contributed by atoms with Crippen molar-refractivity contribution in [2.75, 3.05) is 6.61 Å². The zero-order valence-electron chi connectivity index (χ0n) is 11.4. The van der Waals surface area contributed by atoms with Crippen LogP contribution in [0.4, 0.5) is 0 Å². The number of hydrogen-bond acceptors (Lipinski definition) is 3. The average molecular weight is 250 g/mol. The van der Waals surface area contributed by atoms with Gasteiger partial charge in [0, 0.05) is 12.5 Å². The molecule has 0 heterocycles. The van der Waals surface area contributed by atoms with E-state index < -0.39 is 5.97 Å². The highest BCUT2D eigenvalue weighted by Gasteiger charge is 2.04. The molecule has 0 aromatic heterocycles. The molecule has 1 atom stereocenters. The minimum atomic E-state index is -0.398. The maximum Gasteiger partial charge on any atom is 0.330 e. The summed E-state index contributed by atoms with van der Waals surface area (Å²) in [6, 6.07) is 0. The Labute approximate surface area is 109 Å². The normalized spacial score (nSPS) is 12.8. The molecule has 3 heteroatoms. The third-order valence-corrected chi connectivity index (χ3v) is 2.58. The van der Waals surface area contributed by atoms with Gasteiger partial charge in [0.25, 0.3) is 0 Å². The van der Waals surface area contributed by atoms with Crippen molar-refractivity contribution in [2.45, 2.75) is 33.6 Å². The fraction of sp³-hybridized carbons (Fsp3) is 0.467. The molecule has 0 aliphatic rings. The van der Waals surface area contributed by atoms with E-state index in [9.17, 15) is 9.59 Å². The Bertz CT molecular complexity index is 351. The van der Waals surface area contributed by atoms with Crippen LogP contribution in [0.1, 0.15) is 33.6 Å². The van der Waals surface area contributed by atoms with Crippen LogP contribution in [-0.2, 0) is 14.3 Å². The minimum absolute atomic E-state index is 0.0524. The summed E-state index contributed by atoms with van der Waals surface area (Å²) in [5.41, 5.74) is 1.09. The smallest absolute Gasteiger partial charge is 0.330 e. The van der Waals surface area contributed by atoms with E-state index in [2.05, 4.69) is 13.5 Å². The molecule has 3 nitrogen and oxygen atoms in total. The van der Waals surface area contributed by atoms with Gasteiger partial charge in [0.05, 0.1) is 6.61 Å². The van der Waals surface area contributed by atoms with Crippen molar-refractivity contribution >= 4 is 11.8 Å². The number of ether oxygens (including phenoxy) is 1. The summed E-state index contributed by atoms with van der Waals surface area (Å²) in [5.74, 6) is 0.0135. The van der Waals surface area contributed by atoms with E-state index in [-0.39, 0.29) is 5.78 Å². The van der Waals surface area contributed by atoms with Crippen molar-refractivity contribution in [2.24, 2.45) is 5.92 Å². The summed E-state index contributed by atoms with van der Waals surface area (Å²) in [5, 5.41) is 0. The predicted molar refractivity (Wildman–Crippen MR) is 73.1 cm³/mol. The summed E-state index contributed by atoms with van der Waals surface area (Å²) in [6.45, 7) is 9.97. The van der Waals surface area contributed by atoms with Gasteiger partial charge < -0.3 is 4.74 Å². The van der Waals surface area contributed by atoms with Crippen LogP contribution in [0, 0.1) is 5.92 Å². The molecule has 0 radical (unpaired) electrons. The molecule has 100 valence electrons. The topological polar surface area (TPSA) is 43.4 Å². The van der Waals surface area contributed by atoms with Gasteiger partial charge in [0.1, 0.15) is 0 Å². The lowest BCUT2D eigenvalue weighted by Crippen LogP contribution is -2.00. The van der Waals surface area contributed by atoms with Crippen LogP contribution in [-0.4, -0.2) is 18.4 Å². The second kappa shape index (κ2) is 9.40. The number of hydrogen-bond donors (Lipinski definition) is 0. The summed E-state index contributed by atoms with van der Waals surface area (Å²) in [4.78, 5) is 22.4. The molecule has 0 saturated carbocycles. The molecular weight excluding hydrogens is 228 g/mol. The fourth-order valence-corrected chi connectivity index (χ4v) is 1.18. The Morgan fingerprint density at radius 1 is 1.28 bits per heavy atom. The van der Waals surface area contributed by atoms with Crippen LogP contribution < -0.4 is 0 Å². The van der Waals surface area contributed by atoms with Crippen LogP contribution in [0.15, 0.2) is 36.5 Å². The highest BCUT2D eigenvalue weighted by Crippen LogP contribution is 2.14. The summed E-state index contributed by atoms with van der Waals surface area (Å²) < 4.78 is 4.70. The highest BCUT2D eigenvalue weighted by atomic mass is 16.5. The van der Waals surface area contributed by atoms with Crippen molar-refractivity contribution in [3.8, 4) is 0 Å². The van der Waals surface area contributed by atoms with Crippen molar-refractivity contribution < 1.29 is 14.3 Å². The largest absolute Gasteiger partial charge is 0.463 e. The Morgan fingerprint density at radius 2 is 1.89 bits per heavy atom. The standard InChI is InChI=1S/C15H22O3/c1-5-18-15(17)9-7-6-8-14(16)11-10-13(4)12(2)3/h6-9,13H,2,5,10-11H2,1,3-4H3/b8-6+,9-7+. The molecule has 0 aromatic carbocycles. The molecule has 0 aliphatic carbocycles. The zero-order chi connectivity index (χ0) is 14.0. The molecule has 18 heavy (non-hydrogen) atoms. The Hall–Kier alpha value is -1.64. The average Bonchev–Trinajstić information content (AvgIpc) is 2.31. The van der Waals surface area contributed by atoms with E-state index in [0.717, 1.165) is 12.0 Å². The number of carbonyl (C=O) groups is 2. The lowest BCUT2D eigenvalue weighted by molar-refractivity contribution is -0.137. The number of rotatable bonds is 8. The SMILES string of the molecule is C=C(C)C(C)CCC(=O)/C=C/C=C/C(=O)OCC. The minimum Gasteiger partial charge on any atom is -0.463 e. The molecular formula is C15H22O3. The van der Waals surface area contributed by atoms with Gasteiger partial charge in [-0.15, -0.1) is 0 Å². The molecule has 0 aliphatic heterocycles. The van der Waals surface area contributed by atoms with Crippen LogP contribution >= 0.6 is 0 Å². The lowest BCUT2D eigenvalue weighted by Gasteiger charge is -2.08. The molecule has 0 rings (SSSR count). The molecule has 0 spiro atoms. The molecule has 0 amide bonds. The first kappa shape index (κ1) is 16.4. The van der Waals surface area contributed by atoms with Gasteiger partial charge in [-0.25, -0.2) is 4.79 Å². The monoisotopic (exact) mass is 250 g/mol. The maximum atomic E-state index is 11.5. The second-order valence-electron chi connectivity index (χ2n) is 4.22. The molecule has 0 saturated heterocycles. The van der Waals surface area contributed by atoms with Gasteiger partial charge in [-0.3, -0.25) is 4.79 Å². The van der Waals surface area contributed by atoms with E-state index in [1.54, 1.807) is 13.0 Å². The van der Waals surface area contributed by atoms with E-state index in [1.807, 2.05) is 6.92 Å². The summed E-state index contributed by atoms with van der Waals surface area (Å²) in [7, 11) is 0. The van der Waals surface area contributed by atoms with Crippen molar-refractivity contribution in [3.05, 3.63) is 36.5 Å². The van der Waals surface area contributed by atoms with Crippen LogP contribution in [0.3, 0.4) is 0 Å². The van der Waals surface area contributed by atoms with E-state index in [1.165, 1.54) is 18.2 Å². The Kier molecular flexibility index (Phi) is 8.54. The number of ketones is 1. The molecule has 1 unspecified atom stereocenters. The first-order chi connectivity index (χ1) is 8.47. The lowest BCUT2D eigenvalue weighted by atomic mass is 9.97. The first-order valence-electron chi connectivity index (χ1n) is 6.17. The number of carbonyl (C=O) groups excluding carboxylic acids is 2. The Morgan fingerprint density at radius 3 is 2.44 bits per heavy atom. The molecule has 0 N–H and O–H groups in total. The fourth-order valence-electron chi connectivity index (χ4n) is 1.18. The molecule has 0 bridgehead atoms. The van der Waals surface area contributed by atoms with E-state index in [0.29, 0.717) is 18.9 Å². The van der Waals surface area contributed by atoms with Crippen LogP contribution in [0.25, 0.3) is 0 Å². The third kappa shape index (κ3) is 8.50. The third-order valence-electron chi connectivity index (χ3n) is 2.58. The van der Waals surface area contributed by atoms with Gasteiger partial charge in [-0.2, -0.15) is 0 Å². The van der Waals surface area contributed by atoms with Gasteiger partial charge in [0.15, 0.2) is 5.78 Å². The van der Waals surface area contributed by atoms with Gasteiger partial charge in [-0.05, 0) is 32.3 Å². The van der Waals surface area contributed by atoms with Gasteiger partial charge in [0.2, 0.25) is 0 Å². The van der Waals surface area contributed by atoms with Gasteiger partial charge >= 0.3 is 5.97 Å².